The minimum atomic E-state index is 1.14. The van der Waals surface area contributed by atoms with E-state index < -0.39 is 0 Å². The lowest BCUT2D eigenvalue weighted by Gasteiger charge is -2.18. The molecule has 10 aromatic rings. The maximum Gasteiger partial charge on any atom is 0.0541 e. The zero-order valence-corrected chi connectivity index (χ0v) is 30.9. The topological polar surface area (TPSA) is 22.8 Å². The highest BCUT2D eigenvalue weighted by molar-refractivity contribution is 6.11. The van der Waals surface area contributed by atoms with E-state index in [9.17, 15) is 0 Å². The van der Waals surface area contributed by atoms with Gasteiger partial charge in [0.1, 0.15) is 0 Å². The molecule has 3 heterocycles. The Kier molecular flexibility index (Phi) is 7.38. The van der Waals surface area contributed by atoms with E-state index in [1.807, 2.05) is 12.4 Å². The summed E-state index contributed by atoms with van der Waals surface area (Å²) in [5.74, 6) is 0. The maximum absolute atomic E-state index is 4.34. The number of nitrogens with zero attached hydrogens (tertiary/aromatic N) is 3. The Bertz CT molecular complexity index is 2930. The first-order chi connectivity index (χ1) is 26.4. The Balaban J connectivity index is 1.12. The van der Waals surface area contributed by atoms with Crippen LogP contribution in [0.15, 0.2) is 164 Å². The molecule has 258 valence electrons. The molecule has 0 spiro atoms. The molecule has 3 heteroatoms. The van der Waals surface area contributed by atoms with Gasteiger partial charge < -0.3 is 9.13 Å². The number of hydrogen-bond donors (Lipinski definition) is 0. The van der Waals surface area contributed by atoms with Crippen LogP contribution in [0, 0.1) is 27.7 Å². The standard InChI is InChI=1S/C51H39N3/c1-32-8-20-47-43(28-32)44-29-33(2)9-21-48(44)53(47)39-16-12-36(13-17-39)41-6-5-7-42(37-24-26-52-27-25-37)51(41)38-14-18-40(19-15-38)54-49-22-10-34(3)30-45(49)46-31-35(4)11-23-50(46)54/h5-31H,1-4H3. The molecule has 0 aliphatic carbocycles. The third-order valence-electron chi connectivity index (χ3n) is 11.1. The van der Waals surface area contributed by atoms with E-state index >= 15 is 0 Å². The highest BCUT2D eigenvalue weighted by atomic mass is 15.0. The number of aryl methyl sites for hydroxylation is 4. The molecule has 0 N–H and O–H groups in total. The molecule has 0 saturated heterocycles. The van der Waals surface area contributed by atoms with E-state index in [-0.39, 0.29) is 0 Å². The number of aromatic nitrogens is 3. The van der Waals surface area contributed by atoms with Gasteiger partial charge in [-0.1, -0.05) is 89.0 Å². The largest absolute Gasteiger partial charge is 0.309 e. The van der Waals surface area contributed by atoms with Gasteiger partial charge in [-0.3, -0.25) is 4.98 Å². The van der Waals surface area contributed by atoms with Crippen molar-refractivity contribution in [1.82, 2.24) is 14.1 Å². The van der Waals surface area contributed by atoms with Gasteiger partial charge in [0.05, 0.1) is 22.1 Å². The number of pyridine rings is 1. The summed E-state index contributed by atoms with van der Waals surface area (Å²) in [5, 5.41) is 5.16. The summed E-state index contributed by atoms with van der Waals surface area (Å²) in [5.41, 5.74) is 19.4. The highest BCUT2D eigenvalue weighted by Gasteiger charge is 2.18. The van der Waals surface area contributed by atoms with Gasteiger partial charge in [-0.15, -0.1) is 0 Å². The molecule has 54 heavy (non-hydrogen) atoms. The van der Waals surface area contributed by atoms with Crippen molar-refractivity contribution in [2.24, 2.45) is 0 Å². The maximum atomic E-state index is 4.34. The quantitative estimate of drug-likeness (QED) is 0.176. The van der Waals surface area contributed by atoms with Crippen molar-refractivity contribution in [2.45, 2.75) is 27.7 Å². The highest BCUT2D eigenvalue weighted by Crippen LogP contribution is 2.42. The molecule has 0 amide bonds. The van der Waals surface area contributed by atoms with Gasteiger partial charge >= 0.3 is 0 Å². The average molecular weight is 694 g/mol. The molecular weight excluding hydrogens is 655 g/mol. The Labute approximate surface area is 315 Å². The molecule has 0 saturated carbocycles. The summed E-state index contributed by atoms with van der Waals surface area (Å²) in [4.78, 5) is 4.34. The van der Waals surface area contributed by atoms with Crippen molar-refractivity contribution in [3.05, 3.63) is 186 Å². The van der Waals surface area contributed by atoms with Gasteiger partial charge in [-0.25, -0.2) is 0 Å². The molecule has 3 nitrogen and oxygen atoms in total. The lowest BCUT2D eigenvalue weighted by molar-refractivity contribution is 1.18. The van der Waals surface area contributed by atoms with Crippen molar-refractivity contribution in [2.75, 3.05) is 0 Å². The normalized spacial score (nSPS) is 11.7. The fourth-order valence-corrected chi connectivity index (χ4v) is 8.50. The Morgan fingerprint density at radius 1 is 0.352 bits per heavy atom. The first kappa shape index (κ1) is 32.0. The van der Waals surface area contributed by atoms with Crippen molar-refractivity contribution >= 4 is 43.6 Å². The van der Waals surface area contributed by atoms with E-state index in [0.717, 1.165) is 16.9 Å². The minimum Gasteiger partial charge on any atom is -0.309 e. The second-order valence-corrected chi connectivity index (χ2v) is 14.8. The average Bonchev–Trinajstić information content (AvgIpc) is 3.69. The number of benzene rings is 7. The van der Waals surface area contributed by atoms with Gasteiger partial charge in [-0.05, 0) is 146 Å². The second kappa shape index (κ2) is 12.5. The Morgan fingerprint density at radius 3 is 1.09 bits per heavy atom. The van der Waals surface area contributed by atoms with Crippen LogP contribution in [0.3, 0.4) is 0 Å². The van der Waals surface area contributed by atoms with Gasteiger partial charge in [0.2, 0.25) is 0 Å². The molecule has 0 atom stereocenters. The SMILES string of the molecule is Cc1ccc2c(c1)c1cc(C)ccc1n2-c1ccc(-c2cccc(-c3ccncc3)c2-c2ccc(-n3c4ccc(C)cc4c4cc(C)ccc43)cc2)cc1. The number of fused-ring (bicyclic) bond motifs is 6. The van der Waals surface area contributed by atoms with E-state index in [0.29, 0.717) is 0 Å². The van der Waals surface area contributed by atoms with E-state index in [1.165, 1.54) is 93.7 Å². The lowest BCUT2D eigenvalue weighted by atomic mass is 9.88. The van der Waals surface area contributed by atoms with Crippen LogP contribution in [0.5, 0.6) is 0 Å². The fourth-order valence-electron chi connectivity index (χ4n) is 8.50. The van der Waals surface area contributed by atoms with E-state index in [4.69, 9.17) is 0 Å². The van der Waals surface area contributed by atoms with Crippen molar-refractivity contribution < 1.29 is 0 Å². The lowest BCUT2D eigenvalue weighted by Crippen LogP contribution is -1.96. The smallest absolute Gasteiger partial charge is 0.0541 e. The summed E-state index contributed by atoms with van der Waals surface area (Å²) in [6, 6.07) is 56.2. The predicted octanol–water partition coefficient (Wildman–Crippen LogP) is 13.5. The molecule has 10 rings (SSSR count). The van der Waals surface area contributed by atoms with Gasteiger partial charge in [0, 0.05) is 45.3 Å². The third kappa shape index (κ3) is 5.15. The molecule has 0 aliphatic rings. The van der Waals surface area contributed by atoms with Crippen LogP contribution in [0.2, 0.25) is 0 Å². The summed E-state index contributed by atoms with van der Waals surface area (Å²) >= 11 is 0. The van der Waals surface area contributed by atoms with Crippen LogP contribution in [-0.2, 0) is 0 Å². The molecule has 0 bridgehead atoms. The first-order valence-electron chi connectivity index (χ1n) is 18.7. The molecular formula is C51H39N3. The number of hydrogen-bond acceptors (Lipinski definition) is 1. The van der Waals surface area contributed by atoms with Crippen LogP contribution in [0.4, 0.5) is 0 Å². The zero-order valence-electron chi connectivity index (χ0n) is 30.9. The van der Waals surface area contributed by atoms with Crippen molar-refractivity contribution in [3.63, 3.8) is 0 Å². The third-order valence-corrected chi connectivity index (χ3v) is 11.1. The Hall–Kier alpha value is -6.71. The van der Waals surface area contributed by atoms with Crippen LogP contribution < -0.4 is 0 Å². The number of rotatable bonds is 5. The summed E-state index contributed by atoms with van der Waals surface area (Å²) < 4.78 is 4.80. The fraction of sp³-hybridized carbons (Fsp3) is 0.0784. The summed E-state index contributed by atoms with van der Waals surface area (Å²) in [6.07, 6.45) is 3.76. The zero-order chi connectivity index (χ0) is 36.5. The molecule has 0 radical (unpaired) electrons. The van der Waals surface area contributed by atoms with Crippen LogP contribution in [0.25, 0.3) is 88.4 Å². The summed E-state index contributed by atoms with van der Waals surface area (Å²) in [7, 11) is 0. The van der Waals surface area contributed by atoms with Crippen molar-refractivity contribution in [3.8, 4) is 44.8 Å². The Morgan fingerprint density at radius 2 is 0.704 bits per heavy atom. The van der Waals surface area contributed by atoms with Crippen LogP contribution in [-0.4, -0.2) is 14.1 Å². The van der Waals surface area contributed by atoms with Gasteiger partial charge in [0.15, 0.2) is 0 Å². The van der Waals surface area contributed by atoms with E-state index in [1.54, 1.807) is 0 Å². The first-order valence-corrected chi connectivity index (χ1v) is 18.7. The molecule has 0 aliphatic heterocycles. The van der Waals surface area contributed by atoms with Gasteiger partial charge in [0.25, 0.3) is 0 Å². The molecule has 7 aromatic carbocycles. The van der Waals surface area contributed by atoms with Crippen LogP contribution in [0.1, 0.15) is 22.3 Å². The molecule has 0 unspecified atom stereocenters. The molecule has 0 fully saturated rings. The second-order valence-electron chi connectivity index (χ2n) is 14.8. The van der Waals surface area contributed by atoms with Crippen molar-refractivity contribution in [1.29, 1.82) is 0 Å². The monoisotopic (exact) mass is 693 g/mol. The molecule has 3 aromatic heterocycles. The van der Waals surface area contributed by atoms with E-state index in [2.05, 4.69) is 193 Å². The van der Waals surface area contributed by atoms with Crippen LogP contribution >= 0.6 is 0 Å². The minimum absolute atomic E-state index is 1.14. The summed E-state index contributed by atoms with van der Waals surface area (Å²) in [6.45, 7) is 8.68. The van der Waals surface area contributed by atoms with Gasteiger partial charge in [-0.2, -0.15) is 0 Å². The predicted molar refractivity (Wildman–Crippen MR) is 228 cm³/mol.